The average Bonchev–Trinajstić information content (AvgIpc) is 2.60. The van der Waals surface area contributed by atoms with Crippen molar-refractivity contribution in [1.82, 2.24) is 9.88 Å². The molecule has 0 aliphatic heterocycles. The van der Waals surface area contributed by atoms with Crippen LogP contribution in [0, 0.1) is 0 Å². The molecule has 3 N–H and O–H groups in total. The molecule has 5 nitrogen and oxygen atoms in total. The first-order chi connectivity index (χ1) is 11.6. The van der Waals surface area contributed by atoms with Crippen LogP contribution in [0.5, 0.6) is 0 Å². The van der Waals surface area contributed by atoms with Crippen molar-refractivity contribution in [1.29, 1.82) is 0 Å². The van der Waals surface area contributed by atoms with Crippen LogP contribution in [-0.4, -0.2) is 51.4 Å². The van der Waals surface area contributed by atoms with Gasteiger partial charge in [-0.1, -0.05) is 30.3 Å². The van der Waals surface area contributed by atoms with E-state index in [4.69, 9.17) is 5.11 Å². The quantitative estimate of drug-likeness (QED) is 0.650. The van der Waals surface area contributed by atoms with Gasteiger partial charge in [0, 0.05) is 37.8 Å². The van der Waals surface area contributed by atoms with Crippen LogP contribution in [0.15, 0.2) is 48.7 Å². The van der Waals surface area contributed by atoms with Gasteiger partial charge in [0.25, 0.3) is 0 Å². The topological polar surface area (TPSA) is 76.8 Å². The summed E-state index contributed by atoms with van der Waals surface area (Å²) < 4.78 is 0. The molecule has 2 atom stereocenters. The second-order valence-corrected chi connectivity index (χ2v) is 6.14. The summed E-state index contributed by atoms with van der Waals surface area (Å²) in [4.78, 5) is 6.33. The number of pyridine rings is 1. The monoisotopic (exact) mass is 330 g/mol. The van der Waals surface area contributed by atoms with E-state index in [1.807, 2.05) is 30.1 Å². The smallest absolute Gasteiger partial charge is 0.0815 e. The van der Waals surface area contributed by atoms with Crippen molar-refractivity contribution in [2.75, 3.05) is 20.1 Å². The number of likely N-dealkylation sites (N-methyl/N-ethyl adjacent to an activating group) is 1. The van der Waals surface area contributed by atoms with Crippen LogP contribution in [0.1, 0.15) is 29.3 Å². The minimum Gasteiger partial charge on any atom is -0.392 e. The van der Waals surface area contributed by atoms with Gasteiger partial charge in [0.15, 0.2) is 0 Å². The number of rotatable bonds is 9. The highest BCUT2D eigenvalue weighted by atomic mass is 16.3. The Morgan fingerprint density at radius 1 is 1.08 bits per heavy atom. The summed E-state index contributed by atoms with van der Waals surface area (Å²) in [5.74, 6) is 0. The van der Waals surface area contributed by atoms with E-state index in [2.05, 4.69) is 4.98 Å². The largest absolute Gasteiger partial charge is 0.392 e. The summed E-state index contributed by atoms with van der Waals surface area (Å²) in [6, 6.07) is 13.0. The fourth-order valence-corrected chi connectivity index (χ4v) is 2.62. The van der Waals surface area contributed by atoms with Crippen LogP contribution in [0.2, 0.25) is 0 Å². The summed E-state index contributed by atoms with van der Waals surface area (Å²) in [6.07, 6.45) is 1.58. The normalized spacial score (nSPS) is 13.9. The molecular weight excluding hydrogens is 304 g/mol. The maximum atomic E-state index is 10.2. The zero-order valence-electron chi connectivity index (χ0n) is 14.0. The van der Waals surface area contributed by atoms with Crippen LogP contribution < -0.4 is 0 Å². The van der Waals surface area contributed by atoms with Gasteiger partial charge in [0.2, 0.25) is 0 Å². The van der Waals surface area contributed by atoms with Gasteiger partial charge >= 0.3 is 0 Å². The van der Waals surface area contributed by atoms with E-state index in [1.165, 1.54) is 0 Å². The number of aliphatic hydroxyl groups excluding tert-OH is 3. The van der Waals surface area contributed by atoms with E-state index in [9.17, 15) is 10.2 Å². The zero-order valence-corrected chi connectivity index (χ0v) is 14.0. The minimum atomic E-state index is -0.711. The highest BCUT2D eigenvalue weighted by Gasteiger charge is 2.15. The minimum absolute atomic E-state index is 0.0138. The number of hydrogen-bond donors (Lipinski definition) is 3. The first-order valence-corrected chi connectivity index (χ1v) is 8.22. The SMILES string of the molecule is CN(CCc1ccccn1)C[C@H](O)C[C@H](O)c1ccc(CO)cc1. The standard InChI is InChI=1S/C19H26N2O3/c1-21(11-9-17-4-2-3-10-20-17)13-18(23)12-19(24)16-7-5-15(14-22)6-8-16/h2-8,10,18-19,22-24H,9,11-14H2,1H3/t18-,19+/m1/s1. The first kappa shape index (κ1) is 18.5. The molecule has 0 unspecified atom stereocenters. The Morgan fingerprint density at radius 2 is 1.83 bits per heavy atom. The molecule has 0 aliphatic rings. The molecule has 0 saturated heterocycles. The Hall–Kier alpha value is -1.79. The van der Waals surface area contributed by atoms with Crippen molar-refractivity contribution in [2.24, 2.45) is 0 Å². The molecule has 2 aromatic rings. The van der Waals surface area contributed by atoms with Crippen LogP contribution in [0.3, 0.4) is 0 Å². The Morgan fingerprint density at radius 3 is 2.46 bits per heavy atom. The van der Waals surface area contributed by atoms with Crippen molar-refractivity contribution in [3.05, 3.63) is 65.5 Å². The third-order valence-electron chi connectivity index (χ3n) is 4.04. The van der Waals surface area contributed by atoms with Crippen LogP contribution >= 0.6 is 0 Å². The molecule has 0 bridgehead atoms. The number of aromatic nitrogens is 1. The summed E-state index contributed by atoms with van der Waals surface area (Å²) in [5, 5.41) is 29.4. The van der Waals surface area contributed by atoms with E-state index in [-0.39, 0.29) is 13.0 Å². The lowest BCUT2D eigenvalue weighted by molar-refractivity contribution is 0.0596. The highest BCUT2D eigenvalue weighted by molar-refractivity contribution is 5.23. The van der Waals surface area contributed by atoms with E-state index in [0.29, 0.717) is 6.54 Å². The average molecular weight is 330 g/mol. The van der Waals surface area contributed by atoms with Crippen LogP contribution in [-0.2, 0) is 13.0 Å². The third-order valence-corrected chi connectivity index (χ3v) is 4.04. The number of hydrogen-bond acceptors (Lipinski definition) is 5. The van der Waals surface area contributed by atoms with Gasteiger partial charge in [0.05, 0.1) is 18.8 Å². The lowest BCUT2D eigenvalue weighted by atomic mass is 10.0. The van der Waals surface area contributed by atoms with E-state index in [0.717, 1.165) is 29.8 Å². The van der Waals surface area contributed by atoms with Crippen molar-refractivity contribution >= 4 is 0 Å². The van der Waals surface area contributed by atoms with E-state index in [1.54, 1.807) is 30.5 Å². The molecule has 130 valence electrons. The molecule has 1 heterocycles. The summed E-state index contributed by atoms with van der Waals surface area (Å²) in [7, 11) is 1.95. The Bertz CT molecular complexity index is 589. The van der Waals surface area contributed by atoms with E-state index < -0.39 is 12.2 Å². The van der Waals surface area contributed by atoms with Gasteiger partial charge < -0.3 is 20.2 Å². The van der Waals surface area contributed by atoms with Crippen molar-refractivity contribution in [3.63, 3.8) is 0 Å². The third kappa shape index (κ3) is 6.02. The second kappa shape index (κ2) is 9.49. The van der Waals surface area contributed by atoms with Gasteiger partial charge in [-0.05, 0) is 30.3 Å². The summed E-state index contributed by atoms with van der Waals surface area (Å²) in [6.45, 7) is 1.29. The van der Waals surface area contributed by atoms with Crippen molar-refractivity contribution in [2.45, 2.75) is 31.7 Å². The van der Waals surface area contributed by atoms with Crippen molar-refractivity contribution < 1.29 is 15.3 Å². The Kier molecular flexibility index (Phi) is 7.34. The van der Waals surface area contributed by atoms with Crippen LogP contribution in [0.4, 0.5) is 0 Å². The maximum absolute atomic E-state index is 10.2. The van der Waals surface area contributed by atoms with Gasteiger partial charge in [-0.3, -0.25) is 4.98 Å². The molecule has 0 spiro atoms. The fourth-order valence-electron chi connectivity index (χ4n) is 2.62. The molecule has 0 fully saturated rings. The zero-order chi connectivity index (χ0) is 17.4. The lowest BCUT2D eigenvalue weighted by Gasteiger charge is -2.22. The van der Waals surface area contributed by atoms with Gasteiger partial charge in [-0.15, -0.1) is 0 Å². The van der Waals surface area contributed by atoms with Crippen molar-refractivity contribution in [3.8, 4) is 0 Å². The van der Waals surface area contributed by atoms with Gasteiger partial charge in [0.1, 0.15) is 0 Å². The molecule has 0 amide bonds. The molecule has 0 saturated carbocycles. The maximum Gasteiger partial charge on any atom is 0.0815 e. The second-order valence-electron chi connectivity index (χ2n) is 6.14. The first-order valence-electron chi connectivity index (χ1n) is 8.22. The number of nitrogens with zero attached hydrogens (tertiary/aromatic N) is 2. The molecule has 1 aromatic heterocycles. The fraction of sp³-hybridized carbons (Fsp3) is 0.421. The molecular formula is C19H26N2O3. The highest BCUT2D eigenvalue weighted by Crippen LogP contribution is 2.19. The van der Waals surface area contributed by atoms with Gasteiger partial charge in [-0.25, -0.2) is 0 Å². The lowest BCUT2D eigenvalue weighted by Crippen LogP contribution is -2.31. The predicted molar refractivity (Wildman–Crippen MR) is 93.4 cm³/mol. The summed E-state index contributed by atoms with van der Waals surface area (Å²) in [5.41, 5.74) is 2.59. The number of benzene rings is 1. The van der Waals surface area contributed by atoms with Gasteiger partial charge in [-0.2, -0.15) is 0 Å². The molecule has 0 radical (unpaired) electrons. The molecule has 2 rings (SSSR count). The number of aliphatic hydroxyl groups is 3. The van der Waals surface area contributed by atoms with Crippen LogP contribution in [0.25, 0.3) is 0 Å². The predicted octanol–water partition coefficient (Wildman–Crippen LogP) is 1.53. The molecule has 0 aliphatic carbocycles. The van der Waals surface area contributed by atoms with E-state index >= 15 is 0 Å². The Labute approximate surface area is 143 Å². The molecule has 1 aromatic carbocycles. The Balaban J connectivity index is 1.75. The summed E-state index contributed by atoms with van der Waals surface area (Å²) >= 11 is 0. The molecule has 5 heteroatoms. The molecule has 24 heavy (non-hydrogen) atoms.